The quantitative estimate of drug-likeness (QED) is 0.151. The maximum atomic E-state index is 15.2. The monoisotopic (exact) mass is 496 g/mol. The van der Waals surface area contributed by atoms with Crippen LogP contribution in [0.1, 0.15) is 55.7 Å². The second-order valence-corrected chi connectivity index (χ2v) is 9.32. The number of fused-ring (bicyclic) bond motifs is 1. The van der Waals surface area contributed by atoms with E-state index in [9.17, 15) is 17.6 Å². The molecule has 0 aliphatic rings. The molecule has 0 bridgehead atoms. The molecular weight excluding hydrogens is 467 g/mol. The third-order valence-corrected chi connectivity index (χ3v) is 6.66. The van der Waals surface area contributed by atoms with Crippen molar-refractivity contribution in [3.63, 3.8) is 0 Å². The minimum Gasteiger partial charge on any atom is -0.206 e. The molecule has 0 aromatic heterocycles. The van der Waals surface area contributed by atoms with Gasteiger partial charge in [0.2, 0.25) is 0 Å². The molecule has 0 heterocycles. The van der Waals surface area contributed by atoms with Gasteiger partial charge in [0.1, 0.15) is 17.5 Å². The second-order valence-electron chi connectivity index (χ2n) is 9.32. The van der Waals surface area contributed by atoms with Crippen molar-refractivity contribution in [1.82, 2.24) is 0 Å². The molecule has 188 valence electrons. The van der Waals surface area contributed by atoms with E-state index in [0.717, 1.165) is 37.8 Å². The Morgan fingerprint density at radius 2 is 1.28 bits per heavy atom. The van der Waals surface area contributed by atoms with E-state index in [0.29, 0.717) is 52.3 Å². The molecule has 0 aliphatic heterocycles. The fourth-order valence-electron chi connectivity index (χ4n) is 4.64. The molecule has 0 nitrogen and oxygen atoms in total. The Kier molecular flexibility index (Phi) is 8.40. The third-order valence-electron chi connectivity index (χ3n) is 6.66. The summed E-state index contributed by atoms with van der Waals surface area (Å²) < 4.78 is 71.6. The van der Waals surface area contributed by atoms with Crippen molar-refractivity contribution in [2.75, 3.05) is 0 Å². The highest BCUT2D eigenvalue weighted by atomic mass is 19.2. The Balaban J connectivity index is 1.52. The zero-order valence-electron chi connectivity index (χ0n) is 20.3. The van der Waals surface area contributed by atoms with Crippen molar-refractivity contribution in [3.8, 4) is 11.1 Å². The van der Waals surface area contributed by atoms with E-state index in [1.165, 1.54) is 36.8 Å². The summed E-state index contributed by atoms with van der Waals surface area (Å²) in [6.45, 7) is 2.14. The largest absolute Gasteiger partial charge is 0.206 e. The van der Waals surface area contributed by atoms with Crippen LogP contribution in [0.15, 0.2) is 60.7 Å². The molecule has 0 unspecified atom stereocenters. The van der Waals surface area contributed by atoms with E-state index in [1.54, 1.807) is 18.2 Å². The molecule has 0 fully saturated rings. The molecule has 4 rings (SSSR count). The molecule has 0 amide bonds. The van der Waals surface area contributed by atoms with E-state index in [4.69, 9.17) is 0 Å². The van der Waals surface area contributed by atoms with Crippen molar-refractivity contribution in [2.45, 2.75) is 58.3 Å². The Hall–Kier alpha value is -3.21. The fraction of sp³-hybridized carbons (Fsp3) is 0.290. The number of rotatable bonds is 10. The number of aryl methyl sites for hydroxylation is 3. The standard InChI is InChI=1S/C31H29F5/c1-2-3-4-5-6-7-21-17-28(34)30(29(35)18-21)24-13-14-25-23(19-24)12-11-22(31(25)36)10-8-20-9-15-26(32)27(33)16-20/h9,11-19H,2-8,10H2,1H3. The molecule has 0 saturated carbocycles. The average molecular weight is 497 g/mol. The van der Waals surface area contributed by atoms with Crippen LogP contribution in [0.4, 0.5) is 22.0 Å². The summed E-state index contributed by atoms with van der Waals surface area (Å²) in [5, 5.41) is 0.867. The molecule has 36 heavy (non-hydrogen) atoms. The van der Waals surface area contributed by atoms with E-state index in [1.807, 2.05) is 0 Å². The first-order valence-electron chi connectivity index (χ1n) is 12.5. The summed E-state index contributed by atoms with van der Waals surface area (Å²) >= 11 is 0. The lowest BCUT2D eigenvalue weighted by Crippen LogP contribution is -1.98. The Bertz CT molecular complexity index is 1340. The van der Waals surface area contributed by atoms with Gasteiger partial charge < -0.3 is 0 Å². The second kappa shape index (κ2) is 11.7. The molecule has 4 aromatic carbocycles. The first kappa shape index (κ1) is 25.9. The summed E-state index contributed by atoms with van der Waals surface area (Å²) in [7, 11) is 0. The predicted molar refractivity (Wildman–Crippen MR) is 135 cm³/mol. The van der Waals surface area contributed by atoms with Crippen molar-refractivity contribution in [3.05, 3.63) is 106 Å². The number of benzene rings is 4. The van der Waals surface area contributed by atoms with Crippen molar-refractivity contribution in [1.29, 1.82) is 0 Å². The number of hydrogen-bond acceptors (Lipinski definition) is 0. The first-order valence-corrected chi connectivity index (χ1v) is 12.5. The van der Waals surface area contributed by atoms with Crippen LogP contribution in [0.3, 0.4) is 0 Å². The van der Waals surface area contributed by atoms with E-state index in [2.05, 4.69) is 6.92 Å². The summed E-state index contributed by atoms with van der Waals surface area (Å²) in [5.74, 6) is -3.53. The highest BCUT2D eigenvalue weighted by molar-refractivity contribution is 5.88. The highest BCUT2D eigenvalue weighted by Crippen LogP contribution is 2.32. The summed E-state index contributed by atoms with van der Waals surface area (Å²) in [5.41, 5.74) is 1.87. The van der Waals surface area contributed by atoms with Gasteiger partial charge in [0.25, 0.3) is 0 Å². The van der Waals surface area contributed by atoms with Gasteiger partial charge in [0, 0.05) is 5.39 Å². The van der Waals surface area contributed by atoms with Gasteiger partial charge in [0.05, 0.1) is 5.56 Å². The fourth-order valence-corrected chi connectivity index (χ4v) is 4.64. The Morgan fingerprint density at radius 3 is 2.00 bits per heavy atom. The van der Waals surface area contributed by atoms with Crippen LogP contribution in [0.2, 0.25) is 0 Å². The van der Waals surface area contributed by atoms with Gasteiger partial charge in [-0.25, -0.2) is 22.0 Å². The van der Waals surface area contributed by atoms with Gasteiger partial charge in [-0.05, 0) is 83.7 Å². The number of halogens is 5. The van der Waals surface area contributed by atoms with Crippen LogP contribution in [0.25, 0.3) is 21.9 Å². The van der Waals surface area contributed by atoms with Gasteiger partial charge in [-0.1, -0.05) is 62.9 Å². The van der Waals surface area contributed by atoms with Crippen LogP contribution in [-0.2, 0) is 19.3 Å². The van der Waals surface area contributed by atoms with Gasteiger partial charge in [-0.2, -0.15) is 0 Å². The van der Waals surface area contributed by atoms with Crippen LogP contribution < -0.4 is 0 Å². The normalized spacial score (nSPS) is 11.4. The zero-order chi connectivity index (χ0) is 25.7. The van der Waals surface area contributed by atoms with Crippen LogP contribution in [0.5, 0.6) is 0 Å². The van der Waals surface area contributed by atoms with Gasteiger partial charge in [-0.3, -0.25) is 0 Å². The Morgan fingerprint density at radius 1 is 0.556 bits per heavy atom. The number of hydrogen-bond donors (Lipinski definition) is 0. The maximum absolute atomic E-state index is 15.2. The molecule has 4 aromatic rings. The van der Waals surface area contributed by atoms with Gasteiger partial charge in [0.15, 0.2) is 11.6 Å². The van der Waals surface area contributed by atoms with Crippen molar-refractivity contribution in [2.24, 2.45) is 0 Å². The van der Waals surface area contributed by atoms with Crippen molar-refractivity contribution >= 4 is 10.8 Å². The van der Waals surface area contributed by atoms with Crippen LogP contribution in [-0.4, -0.2) is 0 Å². The topological polar surface area (TPSA) is 0 Å². The third kappa shape index (κ3) is 5.95. The molecule has 0 aliphatic carbocycles. The number of unbranched alkanes of at least 4 members (excludes halogenated alkanes) is 4. The summed E-state index contributed by atoms with van der Waals surface area (Å²) in [6, 6.07) is 14.4. The molecule has 0 atom stereocenters. The molecule has 5 heteroatoms. The van der Waals surface area contributed by atoms with Gasteiger partial charge >= 0.3 is 0 Å². The average Bonchev–Trinajstić information content (AvgIpc) is 2.85. The highest BCUT2D eigenvalue weighted by Gasteiger charge is 2.16. The smallest absolute Gasteiger partial charge is 0.159 e. The Labute approximate surface area is 208 Å². The lowest BCUT2D eigenvalue weighted by atomic mass is 9.95. The van der Waals surface area contributed by atoms with Crippen molar-refractivity contribution < 1.29 is 22.0 Å². The van der Waals surface area contributed by atoms with E-state index >= 15 is 4.39 Å². The molecule has 0 N–H and O–H groups in total. The molecule has 0 saturated heterocycles. The minimum atomic E-state index is -0.932. The van der Waals surface area contributed by atoms with E-state index in [-0.39, 0.29) is 5.56 Å². The molecule has 0 spiro atoms. The summed E-state index contributed by atoms with van der Waals surface area (Å²) in [4.78, 5) is 0. The maximum Gasteiger partial charge on any atom is 0.159 e. The van der Waals surface area contributed by atoms with Crippen LogP contribution >= 0.6 is 0 Å². The summed E-state index contributed by atoms with van der Waals surface area (Å²) in [6.07, 6.45) is 6.65. The lowest BCUT2D eigenvalue weighted by molar-refractivity contribution is 0.507. The SMILES string of the molecule is CCCCCCCc1cc(F)c(-c2ccc3c(F)c(CCc4ccc(F)c(F)c4)ccc3c2)c(F)c1. The lowest BCUT2D eigenvalue weighted by Gasteiger charge is -2.11. The predicted octanol–water partition coefficient (Wildman–Crippen LogP) is 9.50. The molecular formula is C31H29F5. The zero-order valence-corrected chi connectivity index (χ0v) is 20.3. The van der Waals surface area contributed by atoms with Gasteiger partial charge in [-0.15, -0.1) is 0 Å². The molecule has 0 radical (unpaired) electrons. The van der Waals surface area contributed by atoms with Crippen LogP contribution in [0, 0.1) is 29.1 Å². The van der Waals surface area contributed by atoms with E-state index < -0.39 is 29.1 Å². The first-order chi connectivity index (χ1) is 17.4. The minimum absolute atomic E-state index is 0.116.